The van der Waals surface area contributed by atoms with Crippen LogP contribution in [0.5, 0.6) is 0 Å². The standard InChI is InChI=1S/2C12H14F2O7S.C11H12F2O8S.3C11H12F2O7S.C10H10F2O7S/c1-11(2)5-3-4-6(11)8(18-9(4)15)7(5)19-10(16)12(13,14)22-21-20-17;1-11(2)5-3-4-6(11)9(15)18-7(4)8(5)19-10(16)12(13,14)22-21-20-17;12-11(13,22-21-20-17)10(16)19-7-3-1-4-6(5(3)2-14)9(15)18-8(4)7;1-10-2-4-5(3-10)8(14)17-6(4)7(10)18-9(15)11(12,13)21-20-19-16;1-10(18-9(15)11(12,13)21-20-19-16)4-2-5-6(3-4)8(14)17-7(5)10;1-10-6-3-4(2-5(6)8(14)18-10)7(10)17-9(15)11(12,13)21-20-19-16;11-10(12,20-19-18-15)9(14)17-6-3-1-4-5(2-3)8(13)16-7(4)6/h2*4-8,17H,3H2,1-2H3;3-8,14,17H,1-2H2;3*4-7,16H,2-3H2,1H3;3-7,15H,1-2H2/p-7. The molecule has 7 heterocycles. The molecular weight excluding hydrogens is 2230 g/mol. The molecule has 0 aromatic heterocycles. The van der Waals surface area contributed by atoms with Gasteiger partial charge in [-0.1, -0.05) is 34.6 Å². The average Bonchev–Trinajstić information content (AvgIpc) is 1.55. The lowest BCUT2D eigenvalue weighted by Crippen LogP contribution is -2.50. The van der Waals surface area contributed by atoms with Gasteiger partial charge >= 0.3 is 120 Å². The van der Waals surface area contributed by atoms with Crippen molar-refractivity contribution in [3.8, 4) is 0 Å². The van der Waals surface area contributed by atoms with Crippen molar-refractivity contribution in [2.24, 2.45) is 141 Å². The van der Waals surface area contributed by atoms with E-state index in [2.05, 4.69) is 65.6 Å². The van der Waals surface area contributed by atoms with Gasteiger partial charge in [0.2, 0.25) is 0 Å². The van der Waals surface area contributed by atoms with Crippen LogP contribution in [-0.4, -0.2) is 217 Å². The molecule has 71 heteroatoms. The van der Waals surface area contributed by atoms with E-state index in [9.17, 15) is 170 Å². The summed E-state index contributed by atoms with van der Waals surface area (Å²) >= 11 is -5.23. The Balaban J connectivity index is 0.000000130. The number of ether oxygens (including phenoxy) is 14. The maximum absolute atomic E-state index is 13.4. The second-order valence-electron chi connectivity index (χ2n) is 40.1. The summed E-state index contributed by atoms with van der Waals surface area (Å²) in [5.74, 6) is -20.4. The van der Waals surface area contributed by atoms with Gasteiger partial charge in [-0.3, -0.25) is 68.8 Å². The van der Waals surface area contributed by atoms with E-state index in [0.717, 1.165) is 0 Å². The van der Waals surface area contributed by atoms with Gasteiger partial charge in [0, 0.05) is 94.9 Å². The molecule has 149 heavy (non-hydrogen) atoms. The van der Waals surface area contributed by atoms with Crippen molar-refractivity contribution in [1.82, 2.24) is 0 Å². The minimum Gasteiger partial charge on any atom is -0.691 e. The average molecular weight is 2310 g/mol. The van der Waals surface area contributed by atoms with Crippen LogP contribution in [-0.2, 0) is 199 Å². The van der Waals surface area contributed by atoms with Gasteiger partial charge in [0.15, 0.2) is 0 Å². The summed E-state index contributed by atoms with van der Waals surface area (Å²) < 4.78 is 282. The fourth-order valence-electron chi connectivity index (χ4n) is 26.7. The highest BCUT2D eigenvalue weighted by molar-refractivity contribution is 7.97. The molecule has 0 radical (unpaired) electrons. The lowest BCUT2D eigenvalue weighted by atomic mass is 9.68. The Bertz CT molecular complexity index is 5050. The highest BCUT2D eigenvalue weighted by atomic mass is 32.2. The lowest BCUT2D eigenvalue weighted by molar-refractivity contribution is -0.777. The fraction of sp³-hybridized carbons (Fsp3) is 0.821. The number of esters is 14. The molecule has 21 aliphatic rings. The zero-order chi connectivity index (χ0) is 109. The maximum Gasteiger partial charge on any atom is 0.415 e. The molecule has 0 aromatic carbocycles. The number of fused-ring (bicyclic) bond motifs is 7. The van der Waals surface area contributed by atoms with Crippen LogP contribution in [0.1, 0.15) is 119 Å². The molecule has 1 N–H and O–H groups in total. The molecule has 14 bridgehead atoms. The van der Waals surface area contributed by atoms with E-state index in [1.165, 1.54) is 6.92 Å². The molecule has 7 aliphatic heterocycles. The number of hydrogen-bond donors (Lipinski definition) is 1. The van der Waals surface area contributed by atoms with Crippen LogP contribution in [0.25, 0.3) is 0 Å². The fourth-order valence-corrected chi connectivity index (χ4v) is 28.3. The van der Waals surface area contributed by atoms with E-state index in [4.69, 9.17) is 66.3 Å². The SMILES string of the molecule is CC1(C)C2CC3C(=O)OC(C2OC(=O)C(F)(F)SOO[O-])C31.CC1(C)C2CC3C(OC(=O)C31)C2OC(=O)C(F)(F)SOO[O-].CC1(OC(=O)C(F)(F)SOO[O-])C2CC3C(=O)OC1C3C2.CC12CC3C(=O)OC(C3C1)C2OC(=O)C(F)(F)SOO[O-].CC12OC(=O)C3CC(CC31)C2OC(=O)C(F)(F)SOO[O-].O=C1OC2C3CC(C(CO)C13)C2OC(=O)C(F)(F)SOO[O-].O=C1OC2C3CC(CC13)C2OC(=O)C(F)(F)SOO[O-]. The molecule has 838 valence electrons. The zero-order valence-corrected chi connectivity index (χ0v) is 81.9. The first-order valence-corrected chi connectivity index (χ1v) is 49.5. The van der Waals surface area contributed by atoms with Crippen molar-refractivity contribution >= 4 is 168 Å². The van der Waals surface area contributed by atoms with Crippen LogP contribution in [0.15, 0.2) is 0 Å². The van der Waals surface area contributed by atoms with E-state index < -0.39 is 282 Å². The maximum atomic E-state index is 13.4. The Morgan fingerprint density at radius 1 is 0.342 bits per heavy atom. The van der Waals surface area contributed by atoms with E-state index in [1.54, 1.807) is 13.8 Å². The normalized spacial score (nSPS) is 39.3. The van der Waals surface area contributed by atoms with Gasteiger partial charge in [0.25, 0.3) is 0 Å². The highest BCUT2D eigenvalue weighted by Crippen LogP contribution is 2.70. The summed E-state index contributed by atoms with van der Waals surface area (Å²) in [6, 6.07) is 0. The number of hydrogen-bond acceptors (Lipinski definition) is 57. The monoisotopic (exact) mass is 2310 g/mol. The Morgan fingerprint density at radius 3 is 1.26 bits per heavy atom. The van der Waals surface area contributed by atoms with Gasteiger partial charge in [-0.15, -0.1) is 0 Å². The molecule has 0 spiro atoms. The molecule has 14 aliphatic carbocycles. The van der Waals surface area contributed by atoms with Crippen LogP contribution in [0.4, 0.5) is 61.5 Å². The molecular formula is C78H79F14O50S7-7. The van der Waals surface area contributed by atoms with Crippen molar-refractivity contribution in [3.05, 3.63) is 0 Å². The number of rotatable bonds is 36. The number of aliphatic hydroxyl groups excluding tert-OH is 1. The van der Waals surface area contributed by atoms with Crippen molar-refractivity contribution in [2.45, 2.75) is 240 Å². The predicted molar refractivity (Wildman–Crippen MR) is 417 cm³/mol. The first-order valence-electron chi connectivity index (χ1n) is 44.3. The molecule has 21 fully saturated rings. The van der Waals surface area contributed by atoms with Crippen molar-refractivity contribution < 1.29 is 302 Å². The summed E-state index contributed by atoms with van der Waals surface area (Å²) in [6.07, 6.45) is -4.00. The second kappa shape index (κ2) is 43.3. The first kappa shape index (κ1) is 116. The van der Waals surface area contributed by atoms with Crippen LogP contribution < -0.4 is 36.8 Å². The largest absolute Gasteiger partial charge is 0.691 e. The molecule has 36 unspecified atom stereocenters. The van der Waals surface area contributed by atoms with Gasteiger partial charge in [0.1, 0.15) is 169 Å². The molecule has 7 saturated heterocycles. The molecule has 21 rings (SSSR count). The summed E-state index contributed by atoms with van der Waals surface area (Å²) in [5.41, 5.74) is -3.73. The third kappa shape index (κ3) is 21.3. The Kier molecular flexibility index (Phi) is 33.7. The second-order valence-corrected chi connectivity index (χ2v) is 45.8. The zero-order valence-electron chi connectivity index (χ0n) is 76.1. The summed E-state index contributed by atoms with van der Waals surface area (Å²) in [6.45, 7) is 12.0. The molecule has 50 nitrogen and oxygen atoms in total. The number of carbonyl (C=O) groups excluding carboxylic acids is 14. The van der Waals surface area contributed by atoms with E-state index >= 15 is 0 Å². The Labute approximate surface area is 853 Å². The van der Waals surface area contributed by atoms with Gasteiger partial charge < -0.3 is 108 Å². The number of carbonyl (C=O) groups is 14. The van der Waals surface area contributed by atoms with Crippen LogP contribution >= 0.6 is 84.3 Å². The van der Waals surface area contributed by atoms with Gasteiger partial charge in [-0.2, -0.15) is 91.8 Å². The van der Waals surface area contributed by atoms with Crippen LogP contribution in [0.2, 0.25) is 0 Å². The van der Waals surface area contributed by atoms with Gasteiger partial charge in [-0.05, 0) is 95.3 Å². The van der Waals surface area contributed by atoms with E-state index in [0.29, 0.717) is 70.6 Å². The van der Waals surface area contributed by atoms with E-state index in [-0.39, 0.29) is 154 Å². The molecule has 14 saturated carbocycles. The minimum atomic E-state index is -4.15. The highest BCUT2D eigenvalue weighted by Gasteiger charge is 2.78. The Morgan fingerprint density at radius 2 is 0.745 bits per heavy atom. The Hall–Kier alpha value is -6.83. The summed E-state index contributed by atoms with van der Waals surface area (Å²) in [4.78, 5) is 163. The summed E-state index contributed by atoms with van der Waals surface area (Å²) in [7, 11) is 0. The quantitative estimate of drug-likeness (QED) is 0.0230. The minimum absolute atomic E-state index is 0.0622. The van der Waals surface area contributed by atoms with Gasteiger partial charge in [0.05, 0.1) is 41.4 Å². The number of aliphatic hydroxyl groups is 1. The lowest BCUT2D eigenvalue weighted by Gasteiger charge is -2.37. The third-order valence-electron chi connectivity index (χ3n) is 32.4. The van der Waals surface area contributed by atoms with Gasteiger partial charge in [-0.25, -0.2) is 33.6 Å². The van der Waals surface area contributed by atoms with E-state index in [1.807, 2.05) is 27.7 Å². The van der Waals surface area contributed by atoms with Crippen molar-refractivity contribution in [2.75, 3.05) is 6.61 Å². The summed E-state index contributed by atoms with van der Waals surface area (Å²) in [5, 5.41) is 67.1. The number of alkyl halides is 14. The molecule has 0 amide bonds. The van der Waals surface area contributed by atoms with Crippen molar-refractivity contribution in [3.63, 3.8) is 0 Å². The third-order valence-corrected chi connectivity index (χ3v) is 35.9. The van der Waals surface area contributed by atoms with Crippen LogP contribution in [0, 0.1) is 141 Å². The predicted octanol–water partition coefficient (Wildman–Crippen LogP) is 1.27. The van der Waals surface area contributed by atoms with Crippen molar-refractivity contribution in [1.29, 1.82) is 0 Å². The first-order chi connectivity index (χ1) is 69.6. The molecule has 0 aromatic rings. The number of halogens is 14. The van der Waals surface area contributed by atoms with Crippen LogP contribution in [0.3, 0.4) is 0 Å². The topological polar surface area (TPSA) is 679 Å². The smallest absolute Gasteiger partial charge is 0.415 e. The molecule has 36 atom stereocenters.